The van der Waals surface area contributed by atoms with Crippen LogP contribution in [0.15, 0.2) is 61.1 Å². The minimum absolute atomic E-state index is 0.0500. The van der Waals surface area contributed by atoms with Gasteiger partial charge in [0.1, 0.15) is 5.82 Å². The molecule has 0 aliphatic carbocycles. The van der Waals surface area contributed by atoms with E-state index in [4.69, 9.17) is 19.2 Å². The number of nitrogens with zero attached hydrogens (tertiary/aromatic N) is 4. The molecule has 6 rings (SSSR count). The van der Waals surface area contributed by atoms with Gasteiger partial charge in [0.25, 0.3) is 0 Å². The summed E-state index contributed by atoms with van der Waals surface area (Å²) in [5, 5.41) is 6.11. The zero-order chi connectivity index (χ0) is 28.2. The summed E-state index contributed by atoms with van der Waals surface area (Å²) in [7, 11) is 0. The highest BCUT2D eigenvalue weighted by Gasteiger charge is 2.41. The summed E-state index contributed by atoms with van der Waals surface area (Å²) >= 11 is 0. The number of amides is 1. The van der Waals surface area contributed by atoms with Crippen molar-refractivity contribution in [3.05, 3.63) is 72.7 Å². The van der Waals surface area contributed by atoms with E-state index < -0.39 is 11.7 Å². The Hall–Kier alpha value is -4.26. The van der Waals surface area contributed by atoms with E-state index >= 15 is 0 Å². The number of carbonyl (C=O) groups is 1. The molecule has 212 valence electrons. The Morgan fingerprint density at radius 3 is 2.66 bits per heavy atom. The fourth-order valence-electron chi connectivity index (χ4n) is 4.75. The number of pyridine rings is 1. The molecule has 1 amide bonds. The van der Waals surface area contributed by atoms with Crippen LogP contribution in [0.2, 0.25) is 0 Å². The standard InChI is InChI=1S/C29H30FN7O4/c1-29(27(38)33-15-21-5-3-13-39-21)16-40-26(41-17-29)25-36-23(18-6-8-19(30)9-7-18)24(37-25)22-10-12-32-28(35-22)34-20-4-2-11-31-14-20/h2,4,6-12,14,21,26H,3,5,13,15-17H2,1H3,(H,33,38)(H,36,37)(H,32,34,35). The first-order chi connectivity index (χ1) is 20.0. The highest BCUT2D eigenvalue weighted by atomic mass is 19.1. The molecule has 11 nitrogen and oxygen atoms in total. The maximum atomic E-state index is 13.7. The van der Waals surface area contributed by atoms with Crippen molar-refractivity contribution in [2.45, 2.75) is 32.2 Å². The van der Waals surface area contributed by atoms with Crippen LogP contribution in [0, 0.1) is 11.2 Å². The second-order valence-electron chi connectivity index (χ2n) is 10.3. The maximum absolute atomic E-state index is 13.7. The van der Waals surface area contributed by atoms with Gasteiger partial charge >= 0.3 is 0 Å². The summed E-state index contributed by atoms with van der Waals surface area (Å²) in [5.74, 6) is 0.272. The normalized spacial score (nSPS) is 22.4. The monoisotopic (exact) mass is 559 g/mol. The Morgan fingerprint density at radius 2 is 1.93 bits per heavy atom. The third kappa shape index (κ3) is 6.09. The summed E-state index contributed by atoms with van der Waals surface area (Å²) in [6.07, 6.45) is 6.14. The van der Waals surface area contributed by atoms with Gasteiger partial charge in [-0.25, -0.2) is 19.3 Å². The largest absolute Gasteiger partial charge is 0.376 e. The second-order valence-corrected chi connectivity index (χ2v) is 10.3. The van der Waals surface area contributed by atoms with Crippen molar-refractivity contribution in [2.24, 2.45) is 5.41 Å². The quantitative estimate of drug-likeness (QED) is 0.291. The van der Waals surface area contributed by atoms with Crippen LogP contribution in [-0.4, -0.2) is 63.3 Å². The molecule has 1 atom stereocenters. The molecule has 0 radical (unpaired) electrons. The summed E-state index contributed by atoms with van der Waals surface area (Å²) in [5.41, 5.74) is 2.24. The first-order valence-electron chi connectivity index (χ1n) is 13.5. The summed E-state index contributed by atoms with van der Waals surface area (Å²) < 4.78 is 31.4. The molecule has 41 heavy (non-hydrogen) atoms. The SMILES string of the molecule is CC1(C(=O)NCC2CCCO2)COC(c2nc(-c3ccc(F)cc3)c(-c3ccnc(Nc4cccnc4)n3)[nH]2)OC1. The molecule has 3 aromatic heterocycles. The van der Waals surface area contributed by atoms with Crippen molar-refractivity contribution < 1.29 is 23.4 Å². The number of imidazole rings is 1. The summed E-state index contributed by atoms with van der Waals surface area (Å²) in [6.45, 7) is 3.29. The predicted octanol–water partition coefficient (Wildman–Crippen LogP) is 4.16. The van der Waals surface area contributed by atoms with Gasteiger partial charge in [0, 0.05) is 31.1 Å². The fraction of sp³-hybridized carbons (Fsp3) is 0.345. The molecule has 2 aliphatic rings. The van der Waals surface area contributed by atoms with Gasteiger partial charge < -0.3 is 29.8 Å². The average molecular weight is 560 g/mol. The molecule has 0 spiro atoms. The minimum Gasteiger partial charge on any atom is -0.376 e. The number of rotatable bonds is 8. The molecule has 2 saturated heterocycles. The number of aromatic nitrogens is 5. The van der Waals surface area contributed by atoms with Crippen LogP contribution >= 0.6 is 0 Å². The lowest BCUT2D eigenvalue weighted by Crippen LogP contribution is -2.49. The summed E-state index contributed by atoms with van der Waals surface area (Å²) in [6, 6.07) is 11.4. The Labute approximate surface area is 235 Å². The molecular formula is C29H30FN7O4. The molecule has 4 aromatic rings. The number of halogens is 1. The molecule has 2 aliphatic heterocycles. The number of H-pyrrole nitrogens is 1. The molecule has 12 heteroatoms. The smallest absolute Gasteiger partial charge is 0.230 e. The van der Waals surface area contributed by atoms with Gasteiger partial charge in [-0.1, -0.05) is 0 Å². The first-order valence-corrected chi connectivity index (χ1v) is 13.5. The van der Waals surface area contributed by atoms with Crippen LogP contribution < -0.4 is 10.6 Å². The molecular weight excluding hydrogens is 529 g/mol. The van der Waals surface area contributed by atoms with E-state index in [1.165, 1.54) is 12.1 Å². The van der Waals surface area contributed by atoms with Gasteiger partial charge in [0.15, 0.2) is 5.82 Å². The van der Waals surface area contributed by atoms with Gasteiger partial charge in [-0.3, -0.25) is 9.78 Å². The number of hydrogen-bond acceptors (Lipinski definition) is 9. The number of hydrogen-bond donors (Lipinski definition) is 3. The van der Waals surface area contributed by atoms with E-state index in [0.717, 1.165) is 25.1 Å². The highest BCUT2D eigenvalue weighted by Crippen LogP contribution is 2.35. The lowest BCUT2D eigenvalue weighted by atomic mass is 9.91. The maximum Gasteiger partial charge on any atom is 0.230 e. The Balaban J connectivity index is 1.23. The third-order valence-electron chi connectivity index (χ3n) is 7.06. The van der Waals surface area contributed by atoms with Crippen LogP contribution in [0.4, 0.5) is 16.0 Å². The number of aromatic amines is 1. The number of anilines is 2. The Bertz CT molecular complexity index is 1480. The second kappa shape index (κ2) is 11.7. The molecule has 5 heterocycles. The van der Waals surface area contributed by atoms with Crippen molar-refractivity contribution in [3.63, 3.8) is 0 Å². The number of carbonyl (C=O) groups excluding carboxylic acids is 1. The van der Waals surface area contributed by atoms with E-state index in [1.54, 1.807) is 36.8 Å². The van der Waals surface area contributed by atoms with Gasteiger partial charge in [0.2, 0.25) is 18.1 Å². The van der Waals surface area contributed by atoms with Gasteiger partial charge in [-0.15, -0.1) is 0 Å². The molecule has 2 fully saturated rings. The lowest BCUT2D eigenvalue weighted by Gasteiger charge is -2.35. The third-order valence-corrected chi connectivity index (χ3v) is 7.06. The van der Waals surface area contributed by atoms with Crippen LogP contribution in [0.5, 0.6) is 0 Å². The van der Waals surface area contributed by atoms with Crippen molar-refractivity contribution >= 4 is 17.5 Å². The van der Waals surface area contributed by atoms with Crippen LogP contribution in [0.25, 0.3) is 22.6 Å². The Morgan fingerprint density at radius 1 is 1.10 bits per heavy atom. The van der Waals surface area contributed by atoms with E-state index in [1.807, 2.05) is 19.1 Å². The zero-order valence-electron chi connectivity index (χ0n) is 22.5. The minimum atomic E-state index is -0.857. The first kappa shape index (κ1) is 26.9. The van der Waals surface area contributed by atoms with Gasteiger partial charge in [0.05, 0.1) is 53.7 Å². The topological polar surface area (TPSA) is 136 Å². The van der Waals surface area contributed by atoms with Crippen molar-refractivity contribution in [3.8, 4) is 22.6 Å². The van der Waals surface area contributed by atoms with Crippen molar-refractivity contribution in [1.29, 1.82) is 0 Å². The molecule has 1 unspecified atom stereocenters. The van der Waals surface area contributed by atoms with Crippen LogP contribution in [-0.2, 0) is 19.0 Å². The van der Waals surface area contributed by atoms with Crippen molar-refractivity contribution in [2.75, 3.05) is 31.7 Å². The lowest BCUT2D eigenvalue weighted by molar-refractivity contribution is -0.231. The fourth-order valence-corrected chi connectivity index (χ4v) is 4.75. The van der Waals surface area contributed by atoms with E-state index in [2.05, 4.69) is 30.6 Å². The number of nitrogens with one attached hydrogen (secondary N) is 3. The number of benzene rings is 1. The zero-order valence-corrected chi connectivity index (χ0v) is 22.5. The molecule has 0 bridgehead atoms. The predicted molar refractivity (Wildman–Crippen MR) is 147 cm³/mol. The number of ether oxygens (including phenoxy) is 3. The van der Waals surface area contributed by atoms with Crippen LogP contribution in [0.3, 0.4) is 0 Å². The van der Waals surface area contributed by atoms with E-state index in [0.29, 0.717) is 41.0 Å². The summed E-state index contributed by atoms with van der Waals surface area (Å²) in [4.78, 5) is 34.1. The highest BCUT2D eigenvalue weighted by molar-refractivity contribution is 5.82. The van der Waals surface area contributed by atoms with Gasteiger partial charge in [-0.05, 0) is 62.2 Å². The van der Waals surface area contributed by atoms with Crippen molar-refractivity contribution in [1.82, 2.24) is 30.2 Å². The average Bonchev–Trinajstić information content (AvgIpc) is 3.68. The van der Waals surface area contributed by atoms with Crippen LogP contribution in [0.1, 0.15) is 31.9 Å². The molecule has 0 saturated carbocycles. The van der Waals surface area contributed by atoms with E-state index in [-0.39, 0.29) is 31.0 Å². The van der Waals surface area contributed by atoms with Gasteiger partial charge in [-0.2, -0.15) is 0 Å². The Kier molecular flexibility index (Phi) is 7.68. The molecule has 3 N–H and O–H groups in total. The molecule has 1 aromatic carbocycles. The van der Waals surface area contributed by atoms with E-state index in [9.17, 15) is 9.18 Å².